The number of fused-ring (bicyclic) bond motifs is 1. The van der Waals surface area contributed by atoms with Gasteiger partial charge in [0.25, 0.3) is 0 Å². The maximum absolute atomic E-state index is 12.4. The Morgan fingerprint density at radius 3 is 3.00 bits per heavy atom. The van der Waals surface area contributed by atoms with Crippen molar-refractivity contribution in [2.75, 3.05) is 5.75 Å². The highest BCUT2D eigenvalue weighted by molar-refractivity contribution is 9.10. The molecule has 2 saturated heterocycles. The molecule has 0 N–H and O–H groups in total. The third-order valence-electron chi connectivity index (χ3n) is 4.01. The van der Waals surface area contributed by atoms with Gasteiger partial charge in [0.1, 0.15) is 11.8 Å². The molecule has 2 atom stereocenters. The monoisotopic (exact) mass is 369 g/mol. The van der Waals surface area contributed by atoms with Gasteiger partial charge < -0.3 is 9.64 Å². The first-order chi connectivity index (χ1) is 9.90. The second-order valence-electron chi connectivity index (χ2n) is 5.62. The fraction of sp³-hybridized carbons (Fsp3) is 0.467. The summed E-state index contributed by atoms with van der Waals surface area (Å²) in [5, 5.41) is 0. The summed E-state index contributed by atoms with van der Waals surface area (Å²) < 4.78 is 6.24. The zero-order valence-electron chi connectivity index (χ0n) is 11.9. The number of esters is 1. The third kappa shape index (κ3) is 2.59. The molecule has 1 aromatic carbocycles. The number of nitrogens with zero attached hydrogens (tertiary/aromatic N) is 1. The predicted octanol–water partition coefficient (Wildman–Crippen LogP) is 3.12. The summed E-state index contributed by atoms with van der Waals surface area (Å²) in [5.74, 6) is 0.791. The van der Waals surface area contributed by atoms with Crippen LogP contribution in [0.5, 0.6) is 5.75 Å². The molecule has 2 heterocycles. The van der Waals surface area contributed by atoms with E-state index in [1.807, 2.05) is 26.0 Å². The number of hydrogen-bond donors (Lipinski definition) is 0. The number of halogens is 1. The van der Waals surface area contributed by atoms with Crippen LogP contribution in [0.1, 0.15) is 25.3 Å². The second-order valence-corrected chi connectivity index (χ2v) is 7.98. The lowest BCUT2D eigenvalue weighted by Crippen LogP contribution is -2.47. The first kappa shape index (κ1) is 14.9. The van der Waals surface area contributed by atoms with Crippen LogP contribution < -0.4 is 4.74 Å². The summed E-state index contributed by atoms with van der Waals surface area (Å²) >= 11 is 5.07. The second kappa shape index (κ2) is 5.32. The molecule has 112 valence electrons. The smallest absolute Gasteiger partial charge is 0.335 e. The van der Waals surface area contributed by atoms with Crippen LogP contribution in [0.3, 0.4) is 0 Å². The number of aryl methyl sites for hydroxylation is 1. The maximum Gasteiger partial charge on any atom is 0.335 e. The number of benzene rings is 1. The fourth-order valence-corrected chi connectivity index (χ4v) is 4.85. The number of amides is 1. The number of rotatable bonds is 2. The zero-order chi connectivity index (χ0) is 15.2. The molecular formula is C15H16BrNO3S. The standard InChI is InChI=1S/C15H16BrNO3S/c1-9-3-4-12(10(16)7-9)20-14(19)11-8-21-15(2)6-5-13(18)17(11)15/h3-4,7,11H,5-6,8H2,1-2H3/t11-,15+/m1/s1. The highest BCUT2D eigenvalue weighted by atomic mass is 79.9. The van der Waals surface area contributed by atoms with Crippen molar-refractivity contribution < 1.29 is 14.3 Å². The van der Waals surface area contributed by atoms with E-state index >= 15 is 0 Å². The van der Waals surface area contributed by atoms with Crippen molar-refractivity contribution in [1.29, 1.82) is 0 Å². The Bertz CT molecular complexity index is 621. The van der Waals surface area contributed by atoms with Crippen molar-refractivity contribution in [3.8, 4) is 5.75 Å². The maximum atomic E-state index is 12.4. The first-order valence-corrected chi connectivity index (χ1v) is 8.62. The van der Waals surface area contributed by atoms with Crippen molar-refractivity contribution in [2.24, 2.45) is 0 Å². The normalized spacial score (nSPS) is 27.9. The van der Waals surface area contributed by atoms with E-state index in [0.29, 0.717) is 17.9 Å². The Labute approximate surface area is 136 Å². The topological polar surface area (TPSA) is 46.6 Å². The number of hydrogen-bond acceptors (Lipinski definition) is 4. The molecule has 0 spiro atoms. The number of carbonyl (C=O) groups excluding carboxylic acids is 2. The molecule has 0 saturated carbocycles. The Morgan fingerprint density at radius 2 is 2.29 bits per heavy atom. The summed E-state index contributed by atoms with van der Waals surface area (Å²) in [6.07, 6.45) is 1.32. The van der Waals surface area contributed by atoms with Crippen molar-refractivity contribution >= 4 is 39.6 Å². The van der Waals surface area contributed by atoms with Gasteiger partial charge in [-0.1, -0.05) is 6.07 Å². The molecular weight excluding hydrogens is 354 g/mol. The van der Waals surface area contributed by atoms with Crippen LogP contribution in [0.25, 0.3) is 0 Å². The summed E-state index contributed by atoms with van der Waals surface area (Å²) in [7, 11) is 0. The highest BCUT2D eigenvalue weighted by Gasteiger charge is 2.53. The molecule has 1 amide bonds. The Kier molecular flexibility index (Phi) is 3.78. The van der Waals surface area contributed by atoms with Gasteiger partial charge in [0.05, 0.1) is 9.34 Å². The van der Waals surface area contributed by atoms with E-state index in [1.165, 1.54) is 0 Å². The molecule has 0 aliphatic carbocycles. The van der Waals surface area contributed by atoms with Crippen molar-refractivity contribution in [3.63, 3.8) is 0 Å². The Hall–Kier alpha value is -1.01. The van der Waals surface area contributed by atoms with E-state index in [9.17, 15) is 9.59 Å². The molecule has 3 rings (SSSR count). The summed E-state index contributed by atoms with van der Waals surface area (Å²) in [6, 6.07) is 5.08. The average Bonchev–Trinajstić information content (AvgIpc) is 2.90. The molecule has 0 aromatic heterocycles. The van der Waals surface area contributed by atoms with Gasteiger partial charge in [0.15, 0.2) is 0 Å². The van der Waals surface area contributed by atoms with Crippen LogP contribution in [0.2, 0.25) is 0 Å². The molecule has 21 heavy (non-hydrogen) atoms. The van der Waals surface area contributed by atoms with E-state index in [0.717, 1.165) is 16.5 Å². The van der Waals surface area contributed by atoms with E-state index in [4.69, 9.17) is 4.74 Å². The molecule has 1 aromatic rings. The van der Waals surface area contributed by atoms with E-state index < -0.39 is 6.04 Å². The first-order valence-electron chi connectivity index (χ1n) is 6.85. The largest absolute Gasteiger partial charge is 0.424 e. The van der Waals surface area contributed by atoms with Gasteiger partial charge in [-0.2, -0.15) is 0 Å². The lowest BCUT2D eigenvalue weighted by atomic mass is 10.2. The van der Waals surface area contributed by atoms with Crippen LogP contribution in [0.15, 0.2) is 22.7 Å². The van der Waals surface area contributed by atoms with Gasteiger partial charge in [0.2, 0.25) is 5.91 Å². The molecule has 4 nitrogen and oxygen atoms in total. The molecule has 2 fully saturated rings. The average molecular weight is 370 g/mol. The molecule has 2 aliphatic rings. The van der Waals surface area contributed by atoms with Crippen LogP contribution in [-0.2, 0) is 9.59 Å². The fourth-order valence-electron chi connectivity index (χ4n) is 2.86. The number of ether oxygens (including phenoxy) is 1. The third-order valence-corrected chi connectivity index (χ3v) is 6.14. The molecule has 6 heteroatoms. The van der Waals surface area contributed by atoms with Crippen molar-refractivity contribution in [2.45, 2.75) is 37.6 Å². The van der Waals surface area contributed by atoms with Crippen LogP contribution >= 0.6 is 27.7 Å². The molecule has 2 aliphatic heterocycles. The Morgan fingerprint density at radius 1 is 1.52 bits per heavy atom. The van der Waals surface area contributed by atoms with Gasteiger partial charge in [-0.3, -0.25) is 4.79 Å². The minimum atomic E-state index is -0.483. The van der Waals surface area contributed by atoms with Crippen LogP contribution in [0, 0.1) is 6.92 Å². The lowest BCUT2D eigenvalue weighted by Gasteiger charge is -2.29. The number of thioether (sulfide) groups is 1. The Balaban J connectivity index is 1.78. The van der Waals surface area contributed by atoms with Gasteiger partial charge >= 0.3 is 5.97 Å². The molecule has 0 unspecified atom stereocenters. The minimum absolute atomic E-state index is 0.0485. The van der Waals surface area contributed by atoms with Crippen molar-refractivity contribution in [3.05, 3.63) is 28.2 Å². The molecule has 0 bridgehead atoms. The quantitative estimate of drug-likeness (QED) is 0.593. The van der Waals surface area contributed by atoms with Crippen molar-refractivity contribution in [1.82, 2.24) is 4.90 Å². The van der Waals surface area contributed by atoms with Gasteiger partial charge in [-0.25, -0.2) is 4.79 Å². The molecule has 0 radical (unpaired) electrons. The van der Waals surface area contributed by atoms with E-state index in [2.05, 4.69) is 15.9 Å². The summed E-state index contributed by atoms with van der Waals surface area (Å²) in [6.45, 7) is 4.00. The predicted molar refractivity (Wildman–Crippen MR) is 85.2 cm³/mol. The zero-order valence-corrected chi connectivity index (χ0v) is 14.3. The summed E-state index contributed by atoms with van der Waals surface area (Å²) in [4.78, 5) is 25.9. The summed E-state index contributed by atoms with van der Waals surface area (Å²) in [5.41, 5.74) is 1.08. The van der Waals surface area contributed by atoms with Gasteiger partial charge in [0, 0.05) is 12.2 Å². The number of carbonyl (C=O) groups is 2. The van der Waals surface area contributed by atoms with Crippen LogP contribution in [0.4, 0.5) is 0 Å². The lowest BCUT2D eigenvalue weighted by molar-refractivity contribution is -0.146. The van der Waals surface area contributed by atoms with E-state index in [-0.39, 0.29) is 16.7 Å². The van der Waals surface area contributed by atoms with Gasteiger partial charge in [-0.15, -0.1) is 11.8 Å². The van der Waals surface area contributed by atoms with Gasteiger partial charge in [-0.05, 0) is 53.9 Å². The highest BCUT2D eigenvalue weighted by Crippen LogP contribution is 2.47. The SMILES string of the molecule is Cc1ccc(OC(=O)[C@H]2CS[C@@]3(C)CCC(=O)N23)c(Br)c1. The minimum Gasteiger partial charge on any atom is -0.424 e. The van der Waals surface area contributed by atoms with E-state index in [1.54, 1.807) is 22.7 Å². The van der Waals surface area contributed by atoms with Crippen LogP contribution in [-0.4, -0.2) is 33.4 Å².